The molecule has 0 saturated heterocycles. The van der Waals surface area contributed by atoms with Crippen LogP contribution in [-0.4, -0.2) is 18.5 Å². The van der Waals surface area contributed by atoms with Crippen LogP contribution >= 0.6 is 0 Å². The highest BCUT2D eigenvalue weighted by Gasteiger charge is 1.96. The van der Waals surface area contributed by atoms with Gasteiger partial charge in [0.25, 0.3) is 0 Å². The molecule has 0 bridgehead atoms. The first-order valence-corrected chi connectivity index (χ1v) is 3.03. The molecule has 0 atom stereocenters. The third kappa shape index (κ3) is 1.46. The zero-order valence-electron chi connectivity index (χ0n) is 5.67. The summed E-state index contributed by atoms with van der Waals surface area (Å²) in [6.07, 6.45) is 8.04. The summed E-state index contributed by atoms with van der Waals surface area (Å²) in [5, 5.41) is 0. The Hall–Kier alpha value is -0.980. The lowest BCUT2D eigenvalue weighted by Gasteiger charge is -2.16. The van der Waals surface area contributed by atoms with Crippen LogP contribution in [0.15, 0.2) is 36.6 Å². The van der Waals surface area contributed by atoms with Gasteiger partial charge < -0.3 is 4.90 Å². The Kier molecular flexibility index (Phi) is 1.73. The third-order valence-corrected chi connectivity index (χ3v) is 1.35. The molecule has 1 rings (SSSR count). The maximum absolute atomic E-state index is 3.69. The van der Waals surface area contributed by atoms with E-state index in [1.807, 2.05) is 25.4 Å². The molecule has 0 radical (unpaired) electrons. The normalized spacial score (nSPS) is 17.4. The first-order valence-electron chi connectivity index (χ1n) is 3.03. The summed E-state index contributed by atoms with van der Waals surface area (Å²) >= 11 is 0. The molecule has 0 aromatic carbocycles. The summed E-state index contributed by atoms with van der Waals surface area (Å²) in [6, 6.07) is 0. The van der Waals surface area contributed by atoms with Crippen molar-refractivity contribution in [2.45, 2.75) is 0 Å². The van der Waals surface area contributed by atoms with Crippen LogP contribution < -0.4 is 0 Å². The highest BCUT2D eigenvalue weighted by molar-refractivity contribution is 5.26. The fourth-order valence-corrected chi connectivity index (χ4v) is 0.840. The molecule has 1 aliphatic rings. The van der Waals surface area contributed by atoms with Gasteiger partial charge in [0, 0.05) is 13.6 Å². The minimum atomic E-state index is 0.986. The predicted octanol–water partition coefficient (Wildman–Crippen LogP) is 1.56. The van der Waals surface area contributed by atoms with Crippen LogP contribution in [0.5, 0.6) is 0 Å². The summed E-state index contributed by atoms with van der Waals surface area (Å²) in [6.45, 7) is 4.68. The largest absolute Gasteiger partial charge is 0.376 e. The highest BCUT2D eigenvalue weighted by atomic mass is 15.1. The number of hydrogen-bond donors (Lipinski definition) is 0. The Labute approximate surface area is 56.0 Å². The van der Waals surface area contributed by atoms with E-state index in [0.29, 0.717) is 0 Å². The van der Waals surface area contributed by atoms with Crippen molar-refractivity contribution in [3.63, 3.8) is 0 Å². The zero-order valence-corrected chi connectivity index (χ0v) is 5.67. The summed E-state index contributed by atoms with van der Waals surface area (Å²) in [5.41, 5.74) is 1.28. The molecule has 1 heterocycles. The zero-order chi connectivity index (χ0) is 6.69. The van der Waals surface area contributed by atoms with Gasteiger partial charge in [0.1, 0.15) is 0 Å². The Morgan fingerprint density at radius 1 is 1.78 bits per heavy atom. The Morgan fingerprint density at radius 2 is 2.56 bits per heavy atom. The van der Waals surface area contributed by atoms with Gasteiger partial charge >= 0.3 is 0 Å². The Morgan fingerprint density at radius 3 is 3.00 bits per heavy atom. The molecule has 0 aliphatic carbocycles. The van der Waals surface area contributed by atoms with Crippen LogP contribution in [0.2, 0.25) is 0 Å². The van der Waals surface area contributed by atoms with E-state index in [-0.39, 0.29) is 0 Å². The second-order valence-corrected chi connectivity index (χ2v) is 2.20. The molecule has 1 nitrogen and oxygen atoms in total. The van der Waals surface area contributed by atoms with Gasteiger partial charge in [-0.05, 0) is 17.8 Å². The number of likely N-dealkylation sites (N-methyl/N-ethyl adjacent to an activating group) is 1. The summed E-state index contributed by atoms with van der Waals surface area (Å²) < 4.78 is 0. The van der Waals surface area contributed by atoms with Gasteiger partial charge in [-0.15, -0.1) is 0 Å². The maximum Gasteiger partial charge on any atom is 0.0420 e. The van der Waals surface area contributed by atoms with E-state index in [2.05, 4.69) is 17.6 Å². The molecule has 0 fully saturated rings. The molecule has 1 aliphatic heterocycles. The standard InChI is InChI=1S/C8H11N/c1-3-8-5-4-6-9(2)7-8/h3-6H,1,7H2,2H3. The second-order valence-electron chi connectivity index (χ2n) is 2.20. The fraction of sp³-hybridized carbons (Fsp3) is 0.250. The van der Waals surface area contributed by atoms with Crippen LogP contribution in [-0.2, 0) is 0 Å². The van der Waals surface area contributed by atoms with Crippen LogP contribution in [0.1, 0.15) is 0 Å². The van der Waals surface area contributed by atoms with E-state index in [9.17, 15) is 0 Å². The monoisotopic (exact) mass is 121 g/mol. The molecule has 0 aromatic rings. The van der Waals surface area contributed by atoms with Gasteiger partial charge in [-0.3, -0.25) is 0 Å². The van der Waals surface area contributed by atoms with Gasteiger partial charge in [0.05, 0.1) is 0 Å². The molecule has 1 heteroatoms. The molecule has 0 spiro atoms. The Balaban J connectivity index is 2.65. The van der Waals surface area contributed by atoms with Crippen LogP contribution in [0.4, 0.5) is 0 Å². The van der Waals surface area contributed by atoms with Gasteiger partial charge in [-0.2, -0.15) is 0 Å². The molecule has 48 valence electrons. The topological polar surface area (TPSA) is 3.24 Å². The number of nitrogens with zero attached hydrogens (tertiary/aromatic N) is 1. The average molecular weight is 121 g/mol. The van der Waals surface area contributed by atoms with Crippen LogP contribution in [0.3, 0.4) is 0 Å². The molecular weight excluding hydrogens is 110 g/mol. The van der Waals surface area contributed by atoms with E-state index in [1.165, 1.54) is 5.57 Å². The van der Waals surface area contributed by atoms with Crippen molar-refractivity contribution in [2.24, 2.45) is 0 Å². The Bertz CT molecular complexity index is 165. The van der Waals surface area contributed by atoms with E-state index >= 15 is 0 Å². The molecular formula is C8H11N. The lowest BCUT2D eigenvalue weighted by Crippen LogP contribution is -2.15. The third-order valence-electron chi connectivity index (χ3n) is 1.35. The van der Waals surface area contributed by atoms with Crippen molar-refractivity contribution in [1.82, 2.24) is 4.90 Å². The van der Waals surface area contributed by atoms with Crippen LogP contribution in [0, 0.1) is 0 Å². The van der Waals surface area contributed by atoms with Crippen molar-refractivity contribution < 1.29 is 0 Å². The maximum atomic E-state index is 3.69. The van der Waals surface area contributed by atoms with E-state index < -0.39 is 0 Å². The lowest BCUT2D eigenvalue weighted by atomic mass is 10.2. The van der Waals surface area contributed by atoms with E-state index in [0.717, 1.165) is 6.54 Å². The molecule has 0 saturated carbocycles. The lowest BCUT2D eigenvalue weighted by molar-refractivity contribution is 0.495. The van der Waals surface area contributed by atoms with Crippen molar-refractivity contribution in [1.29, 1.82) is 0 Å². The summed E-state index contributed by atoms with van der Waals surface area (Å²) in [7, 11) is 2.05. The van der Waals surface area contributed by atoms with Crippen molar-refractivity contribution in [2.75, 3.05) is 13.6 Å². The van der Waals surface area contributed by atoms with Gasteiger partial charge in [-0.1, -0.05) is 18.7 Å². The highest BCUT2D eigenvalue weighted by Crippen LogP contribution is 2.04. The van der Waals surface area contributed by atoms with E-state index in [4.69, 9.17) is 0 Å². The molecule has 0 amide bonds. The molecule has 9 heavy (non-hydrogen) atoms. The van der Waals surface area contributed by atoms with Crippen molar-refractivity contribution in [3.05, 3.63) is 36.6 Å². The van der Waals surface area contributed by atoms with Gasteiger partial charge in [0.2, 0.25) is 0 Å². The predicted molar refractivity (Wildman–Crippen MR) is 40.1 cm³/mol. The number of hydrogen-bond acceptors (Lipinski definition) is 1. The van der Waals surface area contributed by atoms with Gasteiger partial charge in [0.15, 0.2) is 0 Å². The summed E-state index contributed by atoms with van der Waals surface area (Å²) in [4.78, 5) is 2.12. The van der Waals surface area contributed by atoms with Crippen molar-refractivity contribution in [3.8, 4) is 0 Å². The average Bonchev–Trinajstić information content (AvgIpc) is 1.88. The van der Waals surface area contributed by atoms with Crippen LogP contribution in [0.25, 0.3) is 0 Å². The number of allylic oxidation sites excluding steroid dienone is 2. The van der Waals surface area contributed by atoms with Crippen molar-refractivity contribution >= 4 is 0 Å². The molecule has 0 N–H and O–H groups in total. The number of rotatable bonds is 1. The SMILES string of the molecule is C=CC1=CC=CN(C)C1. The molecule has 0 unspecified atom stereocenters. The first kappa shape index (κ1) is 6.14. The smallest absolute Gasteiger partial charge is 0.0420 e. The first-order chi connectivity index (χ1) is 4.33. The second kappa shape index (κ2) is 2.53. The quantitative estimate of drug-likeness (QED) is 0.509. The van der Waals surface area contributed by atoms with E-state index in [1.54, 1.807) is 0 Å². The fourth-order valence-electron chi connectivity index (χ4n) is 0.840. The summed E-state index contributed by atoms with van der Waals surface area (Å²) in [5.74, 6) is 0. The molecule has 0 aromatic heterocycles. The minimum absolute atomic E-state index is 0.986. The van der Waals surface area contributed by atoms with Gasteiger partial charge in [-0.25, -0.2) is 0 Å². The minimum Gasteiger partial charge on any atom is -0.376 e.